The second-order valence-electron chi connectivity index (χ2n) is 8.29. The van der Waals surface area contributed by atoms with Gasteiger partial charge < -0.3 is 10.0 Å². The highest BCUT2D eigenvalue weighted by molar-refractivity contribution is 9.10. The molecule has 0 unspecified atom stereocenters. The molecule has 2 heterocycles. The number of likely N-dealkylation sites (tertiary alicyclic amines) is 1. The normalized spacial score (nSPS) is 20.2. The highest BCUT2D eigenvalue weighted by atomic mass is 79.9. The first-order valence-electron chi connectivity index (χ1n) is 10.5. The van der Waals surface area contributed by atoms with Crippen LogP contribution in [0.4, 0.5) is 0 Å². The first-order valence-corrected chi connectivity index (χ1v) is 11.3. The number of piperidine rings is 1. The van der Waals surface area contributed by atoms with Crippen LogP contribution in [0.1, 0.15) is 25.3 Å². The van der Waals surface area contributed by atoms with Gasteiger partial charge in [-0.25, -0.2) is 5.48 Å². The van der Waals surface area contributed by atoms with Gasteiger partial charge in [-0.1, -0.05) is 13.0 Å². The molecule has 3 rings (SSSR count). The Labute approximate surface area is 185 Å². The van der Waals surface area contributed by atoms with E-state index in [-0.39, 0.29) is 30.0 Å². The van der Waals surface area contributed by atoms with E-state index in [1.165, 1.54) is 0 Å². The second-order valence-corrected chi connectivity index (χ2v) is 9.15. The molecule has 9 heteroatoms. The number of benzene rings is 1. The van der Waals surface area contributed by atoms with Crippen LogP contribution < -0.4 is 5.48 Å². The van der Waals surface area contributed by atoms with Crippen molar-refractivity contribution >= 4 is 27.7 Å². The summed E-state index contributed by atoms with van der Waals surface area (Å²) in [7, 11) is 0. The molecule has 8 nitrogen and oxygen atoms in total. The predicted molar refractivity (Wildman–Crippen MR) is 116 cm³/mol. The standard InChI is InChI=1S/C21H31BrN4O4/c1-15(12-16-2-3-19(27)18(22)13-16)21(29)26-10-8-25(9-11-26)17-4-6-24(7-5-17)14-20(28)23-30/h2-3,13,15,17,27,30H,4-12,14H2,1H3,(H,23,28)/t15-/m1/s1. The van der Waals surface area contributed by atoms with E-state index < -0.39 is 0 Å². The van der Waals surface area contributed by atoms with E-state index >= 15 is 0 Å². The number of hydrogen-bond acceptors (Lipinski definition) is 6. The molecule has 3 N–H and O–H groups in total. The zero-order valence-corrected chi connectivity index (χ0v) is 19.0. The summed E-state index contributed by atoms with van der Waals surface area (Å²) >= 11 is 3.33. The maximum Gasteiger partial charge on any atom is 0.257 e. The lowest BCUT2D eigenvalue weighted by atomic mass is 9.98. The molecule has 2 aliphatic heterocycles. The minimum absolute atomic E-state index is 0.103. The Hall–Kier alpha value is -1.68. The number of carbonyl (C=O) groups is 2. The molecule has 166 valence electrons. The molecular formula is C21H31BrN4O4. The van der Waals surface area contributed by atoms with Crippen molar-refractivity contribution in [2.24, 2.45) is 5.92 Å². The van der Waals surface area contributed by atoms with Crippen LogP contribution in [0.3, 0.4) is 0 Å². The topological polar surface area (TPSA) is 96.4 Å². The Balaban J connectivity index is 1.43. The molecule has 0 spiro atoms. The van der Waals surface area contributed by atoms with Gasteiger partial charge in [0.05, 0.1) is 11.0 Å². The minimum atomic E-state index is -0.366. The largest absolute Gasteiger partial charge is 0.507 e. The van der Waals surface area contributed by atoms with Crippen molar-refractivity contribution in [2.45, 2.75) is 32.2 Å². The Kier molecular flexibility index (Phi) is 8.10. The summed E-state index contributed by atoms with van der Waals surface area (Å²) in [5, 5.41) is 18.3. The van der Waals surface area contributed by atoms with Crippen LogP contribution in [0, 0.1) is 5.92 Å². The summed E-state index contributed by atoms with van der Waals surface area (Å²) in [6, 6.07) is 5.87. The van der Waals surface area contributed by atoms with Crippen LogP contribution in [0.15, 0.2) is 22.7 Å². The fraction of sp³-hybridized carbons (Fsp3) is 0.619. The number of phenols is 1. The van der Waals surface area contributed by atoms with Crippen molar-refractivity contribution in [1.82, 2.24) is 20.2 Å². The van der Waals surface area contributed by atoms with Gasteiger partial charge in [-0.15, -0.1) is 0 Å². The van der Waals surface area contributed by atoms with E-state index in [0.29, 0.717) is 16.9 Å². The fourth-order valence-electron chi connectivity index (χ4n) is 4.42. The number of phenolic OH excluding ortho intramolecular Hbond substituents is 1. The van der Waals surface area contributed by atoms with E-state index in [1.807, 2.05) is 24.0 Å². The molecule has 2 fully saturated rings. The van der Waals surface area contributed by atoms with Gasteiger partial charge in [0.2, 0.25) is 5.91 Å². The van der Waals surface area contributed by atoms with Crippen molar-refractivity contribution < 1.29 is 19.9 Å². The number of hydrogen-bond donors (Lipinski definition) is 3. The van der Waals surface area contributed by atoms with E-state index in [4.69, 9.17) is 5.21 Å². The molecule has 0 bridgehead atoms. The quantitative estimate of drug-likeness (QED) is 0.419. The Morgan fingerprint density at radius 1 is 1.17 bits per heavy atom. The van der Waals surface area contributed by atoms with Crippen LogP contribution in [0.2, 0.25) is 0 Å². The molecule has 2 amide bonds. The second kappa shape index (κ2) is 10.6. The maximum absolute atomic E-state index is 12.9. The van der Waals surface area contributed by atoms with Crippen molar-refractivity contribution in [3.05, 3.63) is 28.2 Å². The van der Waals surface area contributed by atoms with Crippen LogP contribution in [-0.2, 0) is 16.0 Å². The van der Waals surface area contributed by atoms with Gasteiger partial charge >= 0.3 is 0 Å². The lowest BCUT2D eigenvalue weighted by molar-refractivity contribution is -0.137. The lowest BCUT2D eigenvalue weighted by Crippen LogP contribution is -2.55. The van der Waals surface area contributed by atoms with E-state index in [9.17, 15) is 14.7 Å². The molecule has 0 aromatic heterocycles. The third-order valence-corrected chi connectivity index (χ3v) is 6.80. The smallest absolute Gasteiger partial charge is 0.257 e. The average Bonchev–Trinajstić information content (AvgIpc) is 2.76. The van der Waals surface area contributed by atoms with Gasteiger partial charge in [-0.05, 0) is 52.9 Å². The van der Waals surface area contributed by atoms with Crippen LogP contribution in [0.5, 0.6) is 5.75 Å². The van der Waals surface area contributed by atoms with Crippen molar-refractivity contribution in [3.63, 3.8) is 0 Å². The first-order chi connectivity index (χ1) is 14.4. The van der Waals surface area contributed by atoms with E-state index in [2.05, 4.69) is 25.7 Å². The van der Waals surface area contributed by atoms with Crippen LogP contribution in [-0.4, -0.2) is 88.7 Å². The Morgan fingerprint density at radius 3 is 2.43 bits per heavy atom. The van der Waals surface area contributed by atoms with Crippen LogP contribution >= 0.6 is 15.9 Å². The number of hydroxylamine groups is 1. The molecular weight excluding hydrogens is 452 g/mol. The van der Waals surface area contributed by atoms with Gasteiger partial charge in [-0.3, -0.25) is 24.6 Å². The minimum Gasteiger partial charge on any atom is -0.507 e. The van der Waals surface area contributed by atoms with Crippen LogP contribution in [0.25, 0.3) is 0 Å². The number of halogens is 1. The Morgan fingerprint density at radius 2 is 1.83 bits per heavy atom. The monoisotopic (exact) mass is 482 g/mol. The third-order valence-electron chi connectivity index (χ3n) is 6.17. The molecule has 0 saturated carbocycles. The van der Waals surface area contributed by atoms with E-state index in [0.717, 1.165) is 57.7 Å². The number of aromatic hydroxyl groups is 1. The SMILES string of the molecule is C[C@H](Cc1ccc(O)c(Br)c1)C(=O)N1CCN(C2CCN(CC(=O)NO)CC2)CC1. The number of piperazine rings is 1. The van der Waals surface area contributed by atoms with Crippen molar-refractivity contribution in [1.29, 1.82) is 0 Å². The zero-order valence-electron chi connectivity index (χ0n) is 17.4. The molecule has 2 saturated heterocycles. The highest BCUT2D eigenvalue weighted by Gasteiger charge is 2.30. The maximum atomic E-state index is 12.9. The molecule has 1 atom stereocenters. The van der Waals surface area contributed by atoms with Gasteiger partial charge in [0.25, 0.3) is 5.91 Å². The van der Waals surface area contributed by atoms with Crippen molar-refractivity contribution in [3.8, 4) is 5.75 Å². The third kappa shape index (κ3) is 5.94. The number of rotatable bonds is 6. The molecule has 30 heavy (non-hydrogen) atoms. The summed E-state index contributed by atoms with van der Waals surface area (Å²) in [5.74, 6) is -0.0803. The molecule has 0 radical (unpaired) electrons. The number of amides is 2. The van der Waals surface area contributed by atoms with Gasteiger partial charge in [0.1, 0.15) is 5.75 Å². The summed E-state index contributed by atoms with van der Waals surface area (Å²) < 4.78 is 0.649. The summed E-state index contributed by atoms with van der Waals surface area (Å²) in [6.07, 6.45) is 2.65. The number of nitrogens with zero attached hydrogens (tertiary/aromatic N) is 3. The van der Waals surface area contributed by atoms with Gasteiger partial charge in [0, 0.05) is 51.2 Å². The molecule has 1 aromatic rings. The highest BCUT2D eigenvalue weighted by Crippen LogP contribution is 2.26. The van der Waals surface area contributed by atoms with Gasteiger partial charge in [-0.2, -0.15) is 0 Å². The summed E-state index contributed by atoms with van der Waals surface area (Å²) in [5.41, 5.74) is 2.72. The average molecular weight is 483 g/mol. The fourth-order valence-corrected chi connectivity index (χ4v) is 4.84. The molecule has 2 aliphatic rings. The molecule has 0 aliphatic carbocycles. The summed E-state index contributed by atoms with van der Waals surface area (Å²) in [6.45, 7) is 7.14. The van der Waals surface area contributed by atoms with Crippen molar-refractivity contribution in [2.75, 3.05) is 45.8 Å². The molecule has 1 aromatic carbocycles. The zero-order chi connectivity index (χ0) is 21.7. The lowest BCUT2D eigenvalue weighted by Gasteiger charge is -2.43. The Bertz CT molecular complexity index is 747. The van der Waals surface area contributed by atoms with E-state index in [1.54, 1.807) is 11.5 Å². The van der Waals surface area contributed by atoms with Gasteiger partial charge in [0.15, 0.2) is 0 Å². The summed E-state index contributed by atoms with van der Waals surface area (Å²) in [4.78, 5) is 30.7. The number of carbonyl (C=O) groups excluding carboxylic acids is 2. The number of nitrogens with one attached hydrogen (secondary N) is 1. The predicted octanol–water partition coefficient (Wildman–Crippen LogP) is 1.45. The first kappa shape index (κ1) is 23.0.